The lowest BCUT2D eigenvalue weighted by Crippen LogP contribution is -2.26. The van der Waals surface area contributed by atoms with Crippen molar-refractivity contribution in [3.63, 3.8) is 0 Å². The maximum atomic E-state index is 12.7. The first kappa shape index (κ1) is 15.6. The quantitative estimate of drug-likeness (QED) is 0.940. The topological polar surface area (TPSA) is 46.9 Å². The van der Waals surface area contributed by atoms with Crippen LogP contribution in [0.4, 0.5) is 13.2 Å². The summed E-state index contributed by atoms with van der Waals surface area (Å²) in [6.45, 7) is 0.314. The predicted octanol–water partition coefficient (Wildman–Crippen LogP) is 2.86. The maximum Gasteiger partial charge on any atom is 0.416 e. The molecule has 23 heavy (non-hydrogen) atoms. The average Bonchev–Trinajstić information content (AvgIpc) is 3.21. The van der Waals surface area contributed by atoms with Crippen LogP contribution in [-0.4, -0.2) is 15.5 Å². The molecule has 0 spiro atoms. The lowest BCUT2D eigenvalue weighted by Gasteiger charge is -2.09. The number of carbonyl (C=O) groups excluding carboxylic acids is 1. The molecule has 0 unspecified atom stereocenters. The van der Waals surface area contributed by atoms with Crippen molar-refractivity contribution >= 4 is 5.91 Å². The molecule has 2 atom stereocenters. The Labute approximate surface area is 131 Å². The molecule has 7 heteroatoms. The van der Waals surface area contributed by atoms with Crippen molar-refractivity contribution in [3.8, 4) is 0 Å². The van der Waals surface area contributed by atoms with Crippen LogP contribution in [0.2, 0.25) is 0 Å². The van der Waals surface area contributed by atoms with E-state index in [-0.39, 0.29) is 17.7 Å². The van der Waals surface area contributed by atoms with Crippen LogP contribution >= 0.6 is 0 Å². The summed E-state index contributed by atoms with van der Waals surface area (Å²) >= 11 is 0. The number of aryl methyl sites for hydroxylation is 1. The largest absolute Gasteiger partial charge is 0.416 e. The molecule has 4 nitrogen and oxygen atoms in total. The fourth-order valence-corrected chi connectivity index (χ4v) is 2.66. The highest BCUT2D eigenvalue weighted by Crippen LogP contribution is 2.48. The fourth-order valence-electron chi connectivity index (χ4n) is 2.66. The van der Waals surface area contributed by atoms with Gasteiger partial charge in [-0.3, -0.25) is 4.79 Å². The van der Waals surface area contributed by atoms with E-state index >= 15 is 0 Å². The molecule has 1 aliphatic rings. The number of imidazole rings is 1. The summed E-state index contributed by atoms with van der Waals surface area (Å²) in [5.41, 5.74) is -0.106. The Hall–Kier alpha value is -2.31. The van der Waals surface area contributed by atoms with Crippen LogP contribution in [0.3, 0.4) is 0 Å². The zero-order chi connectivity index (χ0) is 16.6. The van der Waals surface area contributed by atoms with Gasteiger partial charge in [0.15, 0.2) is 0 Å². The molecule has 1 fully saturated rings. The predicted molar refractivity (Wildman–Crippen MR) is 77.3 cm³/mol. The number of nitrogens with one attached hydrogen (secondary N) is 1. The Balaban J connectivity index is 1.61. The Morgan fingerprint density at radius 2 is 2.22 bits per heavy atom. The summed E-state index contributed by atoms with van der Waals surface area (Å²) in [6.07, 6.45) is -0.358. The number of hydrogen-bond donors (Lipinski definition) is 1. The summed E-state index contributed by atoms with van der Waals surface area (Å²) in [6, 6.07) is 5.21. The number of aromatic nitrogens is 2. The number of benzene rings is 1. The molecule has 1 saturated carbocycles. The molecule has 1 heterocycles. The minimum absolute atomic E-state index is 0.140. The van der Waals surface area contributed by atoms with E-state index in [0.29, 0.717) is 18.5 Å². The van der Waals surface area contributed by atoms with E-state index in [2.05, 4.69) is 10.3 Å². The highest BCUT2D eigenvalue weighted by molar-refractivity contribution is 5.82. The molecule has 1 aromatic carbocycles. The summed E-state index contributed by atoms with van der Waals surface area (Å²) in [7, 11) is 1.83. The van der Waals surface area contributed by atoms with Crippen molar-refractivity contribution in [2.24, 2.45) is 13.0 Å². The normalized spacial score (nSPS) is 20.3. The van der Waals surface area contributed by atoms with E-state index in [0.717, 1.165) is 18.0 Å². The molecule has 1 aliphatic carbocycles. The van der Waals surface area contributed by atoms with Crippen molar-refractivity contribution in [1.82, 2.24) is 14.9 Å². The van der Waals surface area contributed by atoms with Crippen LogP contribution in [0.1, 0.15) is 29.3 Å². The lowest BCUT2D eigenvalue weighted by atomic mass is 10.1. The monoisotopic (exact) mass is 323 g/mol. The van der Waals surface area contributed by atoms with Crippen molar-refractivity contribution in [2.75, 3.05) is 0 Å². The van der Waals surface area contributed by atoms with E-state index in [1.165, 1.54) is 6.07 Å². The minimum Gasteiger partial charge on any atom is -0.349 e. The van der Waals surface area contributed by atoms with Crippen LogP contribution in [-0.2, 0) is 24.6 Å². The van der Waals surface area contributed by atoms with Gasteiger partial charge >= 0.3 is 6.18 Å². The third kappa shape index (κ3) is 3.38. The SMILES string of the molecule is Cn1ccnc1CNC(=O)[C@H]1C[C@H]1c1cccc(C(F)(F)F)c1. The van der Waals surface area contributed by atoms with Crippen molar-refractivity contribution in [1.29, 1.82) is 0 Å². The van der Waals surface area contributed by atoms with Gasteiger partial charge in [0.25, 0.3) is 0 Å². The molecule has 0 aliphatic heterocycles. The van der Waals surface area contributed by atoms with Gasteiger partial charge in [-0.2, -0.15) is 13.2 Å². The van der Waals surface area contributed by atoms with Crippen molar-refractivity contribution < 1.29 is 18.0 Å². The first-order chi connectivity index (χ1) is 10.9. The standard InChI is InChI=1S/C16H16F3N3O/c1-22-6-5-20-14(22)9-21-15(23)13-8-12(13)10-3-2-4-11(7-10)16(17,18)19/h2-7,12-13H,8-9H2,1H3,(H,21,23)/t12-,13-/m0/s1. The van der Waals surface area contributed by atoms with Gasteiger partial charge < -0.3 is 9.88 Å². The van der Waals surface area contributed by atoms with Crippen LogP contribution < -0.4 is 5.32 Å². The smallest absolute Gasteiger partial charge is 0.349 e. The Bertz CT molecular complexity index is 723. The second kappa shape index (κ2) is 5.72. The third-order valence-corrected chi connectivity index (χ3v) is 4.11. The van der Waals surface area contributed by atoms with E-state index in [1.54, 1.807) is 23.0 Å². The number of carbonyl (C=O) groups is 1. The Morgan fingerprint density at radius 3 is 2.87 bits per heavy atom. The zero-order valence-electron chi connectivity index (χ0n) is 12.5. The molecular formula is C16H16F3N3O. The molecule has 0 radical (unpaired) electrons. The molecule has 1 N–H and O–H groups in total. The van der Waals surface area contributed by atoms with Crippen LogP contribution in [0.25, 0.3) is 0 Å². The Morgan fingerprint density at radius 1 is 1.43 bits per heavy atom. The number of halogens is 3. The first-order valence-electron chi connectivity index (χ1n) is 7.27. The highest BCUT2D eigenvalue weighted by Gasteiger charge is 2.44. The summed E-state index contributed by atoms with van der Waals surface area (Å²) in [5.74, 6) is 0.183. The number of hydrogen-bond acceptors (Lipinski definition) is 2. The third-order valence-electron chi connectivity index (χ3n) is 4.11. The fraction of sp³-hybridized carbons (Fsp3) is 0.375. The van der Waals surface area contributed by atoms with Crippen LogP contribution in [0, 0.1) is 5.92 Å². The van der Waals surface area contributed by atoms with Gasteiger partial charge in [-0.05, 0) is 24.0 Å². The van der Waals surface area contributed by atoms with E-state index in [4.69, 9.17) is 0 Å². The second-order valence-electron chi connectivity index (χ2n) is 5.74. The first-order valence-corrected chi connectivity index (χ1v) is 7.27. The van der Waals surface area contributed by atoms with Gasteiger partial charge in [0.2, 0.25) is 5.91 Å². The summed E-state index contributed by atoms with van der Waals surface area (Å²) < 4.78 is 40.0. The molecule has 0 bridgehead atoms. The van der Waals surface area contributed by atoms with Gasteiger partial charge in [0.1, 0.15) is 5.82 Å². The van der Waals surface area contributed by atoms with Crippen molar-refractivity contribution in [2.45, 2.75) is 25.1 Å². The van der Waals surface area contributed by atoms with Crippen molar-refractivity contribution in [3.05, 3.63) is 53.6 Å². The van der Waals surface area contributed by atoms with Gasteiger partial charge in [-0.1, -0.05) is 18.2 Å². The number of rotatable bonds is 4. The number of nitrogens with zero attached hydrogens (tertiary/aromatic N) is 2. The molecule has 2 aromatic rings. The van der Waals surface area contributed by atoms with E-state index in [1.807, 2.05) is 7.05 Å². The summed E-state index contributed by atoms with van der Waals surface area (Å²) in [5, 5.41) is 2.79. The minimum atomic E-state index is -4.36. The Kier molecular flexibility index (Phi) is 3.87. The average molecular weight is 323 g/mol. The van der Waals surface area contributed by atoms with Gasteiger partial charge in [0, 0.05) is 25.4 Å². The zero-order valence-corrected chi connectivity index (χ0v) is 12.5. The number of alkyl halides is 3. The molecular weight excluding hydrogens is 307 g/mol. The highest BCUT2D eigenvalue weighted by atomic mass is 19.4. The molecule has 1 aromatic heterocycles. The number of amides is 1. The van der Waals surface area contributed by atoms with Gasteiger partial charge in [-0.15, -0.1) is 0 Å². The van der Waals surface area contributed by atoms with Crippen LogP contribution in [0.15, 0.2) is 36.7 Å². The molecule has 0 saturated heterocycles. The second-order valence-corrected chi connectivity index (χ2v) is 5.74. The maximum absolute atomic E-state index is 12.7. The summed E-state index contributed by atoms with van der Waals surface area (Å²) in [4.78, 5) is 16.2. The lowest BCUT2D eigenvalue weighted by molar-refractivity contribution is -0.137. The molecule has 3 rings (SSSR count). The van der Waals surface area contributed by atoms with E-state index in [9.17, 15) is 18.0 Å². The van der Waals surface area contributed by atoms with Gasteiger partial charge in [-0.25, -0.2) is 4.98 Å². The van der Waals surface area contributed by atoms with Gasteiger partial charge in [0.05, 0.1) is 12.1 Å². The molecule has 122 valence electrons. The van der Waals surface area contributed by atoms with E-state index < -0.39 is 11.7 Å². The van der Waals surface area contributed by atoms with Crippen LogP contribution in [0.5, 0.6) is 0 Å². The molecule has 1 amide bonds.